The first-order valence-electron chi connectivity index (χ1n) is 15.4. The molecule has 20 N–H and O–H groups in total. The highest BCUT2D eigenvalue weighted by Crippen LogP contribution is 2.24. The van der Waals surface area contributed by atoms with Gasteiger partial charge in [0.1, 0.15) is 54.7 Å². The molecule has 25 nitrogen and oxygen atoms in total. The molecular formula is C27H53N5O20S3. The van der Waals surface area contributed by atoms with Gasteiger partial charge in [-0.15, -0.1) is 11.8 Å². The lowest BCUT2D eigenvalue weighted by molar-refractivity contribution is -0.150. The summed E-state index contributed by atoms with van der Waals surface area (Å²) < 4.78 is 0. The minimum atomic E-state index is -1.64. The van der Waals surface area contributed by atoms with E-state index in [1.807, 2.05) is 0 Å². The Morgan fingerprint density at radius 3 is 1.67 bits per heavy atom. The highest BCUT2D eigenvalue weighted by atomic mass is 32.2. The lowest BCUT2D eigenvalue weighted by Gasteiger charge is -2.25. The van der Waals surface area contributed by atoms with Crippen LogP contribution in [0.3, 0.4) is 0 Å². The molecule has 11 atom stereocenters. The third-order valence-electron chi connectivity index (χ3n) is 6.22. The Morgan fingerprint density at radius 2 is 1.33 bits per heavy atom. The van der Waals surface area contributed by atoms with E-state index in [9.17, 15) is 43.8 Å². The summed E-state index contributed by atoms with van der Waals surface area (Å²) in [6.45, 7) is -1.45. The lowest BCUT2D eigenvalue weighted by Crippen LogP contribution is -2.50. The summed E-state index contributed by atoms with van der Waals surface area (Å²) in [5, 5.41) is 118. The van der Waals surface area contributed by atoms with E-state index in [0.717, 1.165) is 18.9 Å². The van der Waals surface area contributed by atoms with Gasteiger partial charge in [-0.1, -0.05) is 0 Å². The topological polar surface area (TPSA) is 471 Å². The second-order valence-corrected chi connectivity index (χ2v) is 12.4. The van der Waals surface area contributed by atoms with Gasteiger partial charge in [0, 0.05) is 37.3 Å². The standard InChI is InChI=1S/C10H17N3O6S.C8H15NO6S.C5H10O5.C3H7NO2S.CH4O/c11-6(9(16)17)1-2-7(14)13-5(4-20)3-12-8(15)10(18)19;10-1-4(11)5(12)6(13)7-9-3(2-16-7)8(14)15;6-1-3(8)5(10)4(9)2-7;4-2(1-7)3(5)6;1-2/h5-6,20H,1-4,11H2,(H,12,15)(H,13,14)(H,16,17)(H,18,19);3-7,9-13H,1-2H2,(H,14,15);1,3-5,7-10H,2H2;2,7H,1,4H2,(H,5,6);2H,1H3/t;3-,4?,5?,6?,7+;;2-;/m.0.0./s1. The van der Waals surface area contributed by atoms with Gasteiger partial charge in [-0.3, -0.25) is 29.3 Å². The number of nitrogens with two attached hydrogens (primary N) is 2. The number of aliphatic hydroxyl groups is 9. The number of thioether (sulfide) groups is 1. The van der Waals surface area contributed by atoms with Gasteiger partial charge in [0.15, 0.2) is 6.29 Å². The maximum absolute atomic E-state index is 11.5. The average molecular weight is 864 g/mol. The Labute approximate surface area is 328 Å². The summed E-state index contributed by atoms with van der Waals surface area (Å²) in [5.74, 6) is -5.84. The second-order valence-electron chi connectivity index (χ2n) is 10.5. The molecule has 0 spiro atoms. The van der Waals surface area contributed by atoms with Crippen molar-refractivity contribution in [1.29, 1.82) is 0 Å². The van der Waals surface area contributed by atoms with Crippen LogP contribution in [0.5, 0.6) is 0 Å². The Bertz CT molecular complexity index is 1130. The van der Waals surface area contributed by atoms with E-state index in [1.54, 1.807) is 0 Å². The molecule has 0 aliphatic carbocycles. The number of carbonyl (C=O) groups excluding carboxylic acids is 3. The molecule has 0 aromatic heterocycles. The number of thiol groups is 2. The molecule has 1 fully saturated rings. The zero-order valence-corrected chi connectivity index (χ0v) is 31.8. The van der Waals surface area contributed by atoms with Crippen molar-refractivity contribution in [3.8, 4) is 0 Å². The molecule has 1 saturated heterocycles. The number of nitrogens with one attached hydrogen (secondary N) is 3. The van der Waals surface area contributed by atoms with Crippen LogP contribution in [-0.4, -0.2) is 219 Å². The fraction of sp³-hybridized carbons (Fsp3) is 0.741. The highest BCUT2D eigenvalue weighted by Gasteiger charge is 2.38. The SMILES string of the molecule is CO.NC(CCC(=O)NC(CS)CNC(=O)C(=O)O)C(=O)O.N[C@@H](CS)C(=O)O.O=C(O)[C@@H]1CS[C@H](C(O)C(O)C(O)CO)N1.O=CC(O)C(O)C(O)CO. The van der Waals surface area contributed by atoms with Crippen LogP contribution in [0.4, 0.5) is 0 Å². The van der Waals surface area contributed by atoms with Gasteiger partial charge in [-0.2, -0.15) is 25.3 Å². The van der Waals surface area contributed by atoms with E-state index >= 15 is 0 Å². The maximum atomic E-state index is 11.5. The summed E-state index contributed by atoms with van der Waals surface area (Å²) in [6, 6.07) is -3.27. The van der Waals surface area contributed by atoms with Crippen LogP contribution < -0.4 is 27.4 Å². The van der Waals surface area contributed by atoms with E-state index < -0.39 is 115 Å². The van der Waals surface area contributed by atoms with Crippen molar-refractivity contribution in [3.63, 3.8) is 0 Å². The average Bonchev–Trinajstić information content (AvgIpc) is 3.68. The molecule has 0 saturated carbocycles. The normalized spacial score (nSPS) is 19.2. The number of aldehydes is 1. The number of hydrogen-bond donors (Lipinski definition) is 20. The van der Waals surface area contributed by atoms with E-state index in [0.29, 0.717) is 0 Å². The van der Waals surface area contributed by atoms with Gasteiger partial charge in [-0.05, 0) is 6.42 Å². The first-order chi connectivity index (χ1) is 25.6. The van der Waals surface area contributed by atoms with Crippen molar-refractivity contribution >= 4 is 79.0 Å². The molecule has 0 bridgehead atoms. The van der Waals surface area contributed by atoms with Gasteiger partial charge >= 0.3 is 29.8 Å². The fourth-order valence-electron chi connectivity index (χ4n) is 3.01. The number of carboxylic acid groups (broad SMARTS) is 4. The Hall–Kier alpha value is -2.94. The largest absolute Gasteiger partial charge is 0.480 e. The molecule has 0 aromatic rings. The predicted molar refractivity (Wildman–Crippen MR) is 196 cm³/mol. The molecule has 0 radical (unpaired) electrons. The number of hydrogen-bond acceptors (Lipinski definition) is 22. The van der Waals surface area contributed by atoms with Crippen molar-refractivity contribution in [2.24, 2.45) is 11.5 Å². The number of carbonyl (C=O) groups is 7. The zero-order chi connectivity index (χ0) is 44.0. The number of amides is 2. The molecular weight excluding hydrogens is 811 g/mol. The Kier molecular flexibility index (Phi) is 36.7. The van der Waals surface area contributed by atoms with Crippen LogP contribution in [0.25, 0.3) is 0 Å². The van der Waals surface area contributed by atoms with Crippen molar-refractivity contribution in [2.75, 3.05) is 44.1 Å². The monoisotopic (exact) mass is 863 g/mol. The third-order valence-corrected chi connectivity index (χ3v) is 8.35. The number of aliphatic carboxylic acids is 4. The van der Waals surface area contributed by atoms with Crippen LogP contribution in [0, 0.1) is 0 Å². The first-order valence-corrected chi connectivity index (χ1v) is 17.7. The minimum Gasteiger partial charge on any atom is -0.480 e. The summed E-state index contributed by atoms with van der Waals surface area (Å²) in [7, 11) is 1.00. The molecule has 1 heterocycles. The smallest absolute Gasteiger partial charge is 0.394 e. The molecule has 2 amide bonds. The quantitative estimate of drug-likeness (QED) is 0.0326. The van der Waals surface area contributed by atoms with E-state index in [2.05, 4.69) is 41.2 Å². The summed E-state index contributed by atoms with van der Waals surface area (Å²) >= 11 is 8.75. The predicted octanol–water partition coefficient (Wildman–Crippen LogP) is -8.83. The molecule has 0 aromatic carbocycles. The zero-order valence-electron chi connectivity index (χ0n) is 29.2. The van der Waals surface area contributed by atoms with Crippen LogP contribution >= 0.6 is 37.0 Å². The van der Waals surface area contributed by atoms with Crippen LogP contribution in [0.2, 0.25) is 0 Å². The Balaban J connectivity index is -0.000000331. The van der Waals surface area contributed by atoms with Crippen LogP contribution in [0.1, 0.15) is 12.8 Å². The van der Waals surface area contributed by atoms with Crippen molar-refractivity contribution in [1.82, 2.24) is 16.0 Å². The van der Waals surface area contributed by atoms with Gasteiger partial charge in [0.05, 0.1) is 24.6 Å². The van der Waals surface area contributed by atoms with E-state index in [-0.39, 0.29) is 42.9 Å². The fourth-order valence-corrected chi connectivity index (χ4v) is 4.64. The van der Waals surface area contributed by atoms with Crippen molar-refractivity contribution in [3.05, 3.63) is 0 Å². The third kappa shape index (κ3) is 28.2. The van der Waals surface area contributed by atoms with Crippen molar-refractivity contribution in [2.45, 2.75) is 79.0 Å². The van der Waals surface area contributed by atoms with Gasteiger partial charge < -0.3 is 93.3 Å². The molecule has 1 rings (SSSR count). The van der Waals surface area contributed by atoms with Gasteiger partial charge in [0.25, 0.3) is 0 Å². The number of rotatable bonds is 19. The molecule has 28 heteroatoms. The summed E-state index contributed by atoms with van der Waals surface area (Å²) in [4.78, 5) is 73.2. The van der Waals surface area contributed by atoms with Crippen LogP contribution in [-0.2, 0) is 33.6 Å². The lowest BCUT2D eigenvalue weighted by atomic mass is 10.1. The minimum absolute atomic E-state index is 0.0259. The summed E-state index contributed by atoms with van der Waals surface area (Å²) in [5.41, 5.74) is 10.2. The molecule has 1 aliphatic rings. The maximum Gasteiger partial charge on any atom is 0.394 e. The number of aliphatic hydroxyl groups excluding tert-OH is 9. The first kappa shape index (κ1) is 58.8. The highest BCUT2D eigenvalue weighted by molar-refractivity contribution is 8.00. The molecule has 324 valence electrons. The van der Waals surface area contributed by atoms with E-state index in [4.69, 9.17) is 67.6 Å². The van der Waals surface area contributed by atoms with Gasteiger partial charge in [0.2, 0.25) is 5.91 Å². The number of carboxylic acids is 4. The summed E-state index contributed by atoms with van der Waals surface area (Å²) in [6.07, 6.45) is -9.04. The molecule has 8 unspecified atom stereocenters. The molecule has 1 aliphatic heterocycles. The van der Waals surface area contributed by atoms with Gasteiger partial charge in [-0.25, -0.2) is 4.79 Å². The Morgan fingerprint density at radius 1 is 0.836 bits per heavy atom. The van der Waals surface area contributed by atoms with E-state index in [1.165, 1.54) is 0 Å². The van der Waals surface area contributed by atoms with Crippen LogP contribution in [0.15, 0.2) is 0 Å². The molecule has 55 heavy (non-hydrogen) atoms. The second kappa shape index (κ2) is 34.3. The van der Waals surface area contributed by atoms with Crippen molar-refractivity contribution < 1.29 is 99.9 Å².